The van der Waals surface area contributed by atoms with Gasteiger partial charge in [0.15, 0.2) is 0 Å². The van der Waals surface area contributed by atoms with E-state index in [4.69, 9.17) is 0 Å². The summed E-state index contributed by atoms with van der Waals surface area (Å²) < 4.78 is 14.6. The molecule has 0 radical (unpaired) electrons. The SMILES string of the molecule is CC(C(=O)N(Cc1ccc(F)cc1)Cc1cccnc1)c1nn(C)c(=O)c2ccccc12. The highest BCUT2D eigenvalue weighted by Crippen LogP contribution is 2.25. The van der Waals surface area contributed by atoms with E-state index in [2.05, 4.69) is 10.1 Å². The number of amides is 1. The van der Waals surface area contributed by atoms with Crippen LogP contribution in [0.15, 0.2) is 77.9 Å². The molecule has 0 aliphatic carbocycles. The van der Waals surface area contributed by atoms with E-state index in [0.717, 1.165) is 11.1 Å². The topological polar surface area (TPSA) is 68.1 Å². The summed E-state index contributed by atoms with van der Waals surface area (Å²) in [5.41, 5.74) is 2.04. The van der Waals surface area contributed by atoms with E-state index >= 15 is 0 Å². The Morgan fingerprint density at radius 1 is 1.00 bits per heavy atom. The van der Waals surface area contributed by atoms with Crippen LogP contribution in [0.1, 0.15) is 29.7 Å². The van der Waals surface area contributed by atoms with Crippen LogP contribution in [0, 0.1) is 5.82 Å². The van der Waals surface area contributed by atoms with Crippen LogP contribution in [-0.4, -0.2) is 25.6 Å². The number of aryl methyl sites for hydroxylation is 1. The molecule has 2 heterocycles. The minimum absolute atomic E-state index is 0.144. The van der Waals surface area contributed by atoms with Crippen molar-refractivity contribution >= 4 is 16.7 Å². The van der Waals surface area contributed by atoms with Gasteiger partial charge in [-0.3, -0.25) is 14.6 Å². The van der Waals surface area contributed by atoms with Crippen molar-refractivity contribution in [3.63, 3.8) is 0 Å². The summed E-state index contributed by atoms with van der Waals surface area (Å²) in [6.07, 6.45) is 3.40. The Balaban J connectivity index is 1.71. The fourth-order valence-electron chi connectivity index (χ4n) is 3.77. The standard InChI is InChI=1S/C25H23FN4O2/c1-17(23-21-7-3-4-8-22(21)25(32)29(2)28-23)24(31)30(16-19-6-5-13-27-14-19)15-18-9-11-20(26)12-10-18/h3-14,17H,15-16H2,1-2H3. The van der Waals surface area contributed by atoms with Gasteiger partial charge in [0.1, 0.15) is 5.82 Å². The first kappa shape index (κ1) is 21.4. The van der Waals surface area contributed by atoms with Gasteiger partial charge in [0.05, 0.1) is 17.0 Å². The van der Waals surface area contributed by atoms with Gasteiger partial charge in [0.2, 0.25) is 5.91 Å². The monoisotopic (exact) mass is 430 g/mol. The Bertz CT molecular complexity index is 1300. The lowest BCUT2D eigenvalue weighted by atomic mass is 9.99. The molecule has 162 valence electrons. The Hall–Kier alpha value is -3.87. The average molecular weight is 430 g/mol. The lowest BCUT2D eigenvalue weighted by Gasteiger charge is -2.26. The molecular weight excluding hydrogens is 407 g/mol. The van der Waals surface area contributed by atoms with Crippen molar-refractivity contribution in [3.8, 4) is 0 Å². The Morgan fingerprint density at radius 3 is 2.38 bits per heavy atom. The van der Waals surface area contributed by atoms with Crippen molar-refractivity contribution in [2.24, 2.45) is 7.05 Å². The molecule has 0 bridgehead atoms. The molecule has 0 aliphatic rings. The summed E-state index contributed by atoms with van der Waals surface area (Å²) in [7, 11) is 1.58. The second-order valence-corrected chi connectivity index (χ2v) is 7.76. The summed E-state index contributed by atoms with van der Waals surface area (Å²) in [6, 6.07) is 17.0. The second kappa shape index (κ2) is 9.09. The third-order valence-electron chi connectivity index (χ3n) is 5.46. The lowest BCUT2D eigenvalue weighted by Crippen LogP contribution is -2.35. The third-order valence-corrected chi connectivity index (χ3v) is 5.46. The number of benzene rings is 2. The van der Waals surface area contributed by atoms with E-state index in [1.807, 2.05) is 24.3 Å². The summed E-state index contributed by atoms with van der Waals surface area (Å²) in [6.45, 7) is 2.45. The summed E-state index contributed by atoms with van der Waals surface area (Å²) >= 11 is 0. The van der Waals surface area contributed by atoms with Gasteiger partial charge < -0.3 is 4.90 Å². The molecule has 4 rings (SSSR count). The van der Waals surface area contributed by atoms with E-state index in [9.17, 15) is 14.0 Å². The minimum atomic E-state index is -0.594. The maximum Gasteiger partial charge on any atom is 0.274 e. The molecule has 2 aromatic heterocycles. The van der Waals surface area contributed by atoms with Crippen LogP contribution in [0.2, 0.25) is 0 Å². The number of hydrogen-bond acceptors (Lipinski definition) is 4. The van der Waals surface area contributed by atoms with Crippen LogP contribution in [-0.2, 0) is 24.9 Å². The summed E-state index contributed by atoms with van der Waals surface area (Å²) in [4.78, 5) is 32.0. The van der Waals surface area contributed by atoms with Crippen molar-refractivity contribution in [1.29, 1.82) is 0 Å². The van der Waals surface area contributed by atoms with Crippen molar-refractivity contribution in [2.45, 2.75) is 25.9 Å². The quantitative estimate of drug-likeness (QED) is 0.467. The van der Waals surface area contributed by atoms with Gasteiger partial charge in [-0.05, 0) is 42.3 Å². The number of aromatic nitrogens is 3. The largest absolute Gasteiger partial charge is 0.333 e. The highest BCUT2D eigenvalue weighted by atomic mass is 19.1. The van der Waals surface area contributed by atoms with Gasteiger partial charge in [0.25, 0.3) is 5.56 Å². The first-order chi connectivity index (χ1) is 15.4. The summed E-state index contributed by atoms with van der Waals surface area (Å²) in [5, 5.41) is 5.62. The lowest BCUT2D eigenvalue weighted by molar-refractivity contribution is -0.133. The van der Waals surface area contributed by atoms with E-state index in [1.165, 1.54) is 16.8 Å². The molecule has 2 aromatic carbocycles. The Kier molecular flexibility index (Phi) is 6.07. The van der Waals surface area contributed by atoms with Crippen LogP contribution in [0.3, 0.4) is 0 Å². The van der Waals surface area contributed by atoms with Crippen LogP contribution in [0.25, 0.3) is 10.8 Å². The summed E-state index contributed by atoms with van der Waals surface area (Å²) in [5.74, 6) is -1.06. The van der Waals surface area contributed by atoms with Crippen molar-refractivity contribution in [3.05, 3.63) is 106 Å². The van der Waals surface area contributed by atoms with E-state index in [-0.39, 0.29) is 17.3 Å². The second-order valence-electron chi connectivity index (χ2n) is 7.76. The molecule has 0 spiro atoms. The molecule has 4 aromatic rings. The van der Waals surface area contributed by atoms with Gasteiger partial charge in [0, 0.05) is 37.9 Å². The third kappa shape index (κ3) is 4.42. The fraction of sp³-hybridized carbons (Fsp3) is 0.200. The molecule has 0 saturated carbocycles. The number of fused-ring (bicyclic) bond motifs is 1. The smallest absolute Gasteiger partial charge is 0.274 e. The van der Waals surface area contributed by atoms with E-state index < -0.39 is 5.92 Å². The first-order valence-corrected chi connectivity index (χ1v) is 10.3. The molecule has 1 unspecified atom stereocenters. The molecule has 6 nitrogen and oxygen atoms in total. The first-order valence-electron chi connectivity index (χ1n) is 10.3. The molecule has 0 fully saturated rings. The van der Waals surface area contributed by atoms with E-state index in [1.54, 1.807) is 55.5 Å². The Morgan fingerprint density at radius 2 is 1.69 bits per heavy atom. The number of halogens is 1. The number of carbonyl (C=O) groups is 1. The minimum Gasteiger partial charge on any atom is -0.333 e. The van der Waals surface area contributed by atoms with Gasteiger partial charge in [-0.1, -0.05) is 36.4 Å². The van der Waals surface area contributed by atoms with Crippen molar-refractivity contribution in [2.75, 3.05) is 0 Å². The highest BCUT2D eigenvalue weighted by molar-refractivity contribution is 5.91. The molecule has 7 heteroatoms. The maximum atomic E-state index is 13.7. The van der Waals surface area contributed by atoms with Gasteiger partial charge in [-0.2, -0.15) is 5.10 Å². The van der Waals surface area contributed by atoms with Gasteiger partial charge in [-0.25, -0.2) is 9.07 Å². The average Bonchev–Trinajstić information content (AvgIpc) is 2.82. The number of hydrogen-bond donors (Lipinski definition) is 0. The molecule has 1 amide bonds. The number of rotatable bonds is 6. The predicted molar refractivity (Wildman–Crippen MR) is 120 cm³/mol. The fourth-order valence-corrected chi connectivity index (χ4v) is 3.77. The molecule has 0 N–H and O–H groups in total. The molecular formula is C25H23FN4O2. The normalized spacial score (nSPS) is 12.0. The number of nitrogens with zero attached hydrogens (tertiary/aromatic N) is 4. The molecule has 1 atom stereocenters. The zero-order valence-corrected chi connectivity index (χ0v) is 17.9. The molecule has 32 heavy (non-hydrogen) atoms. The number of carbonyl (C=O) groups excluding carboxylic acids is 1. The van der Waals surface area contributed by atoms with Crippen LogP contribution in [0.4, 0.5) is 4.39 Å². The predicted octanol–water partition coefficient (Wildman–Crippen LogP) is 3.80. The van der Waals surface area contributed by atoms with Crippen molar-refractivity contribution in [1.82, 2.24) is 19.7 Å². The Labute approximate surface area is 185 Å². The maximum absolute atomic E-state index is 13.7. The zero-order valence-electron chi connectivity index (χ0n) is 17.9. The molecule has 0 saturated heterocycles. The number of pyridine rings is 1. The van der Waals surface area contributed by atoms with Gasteiger partial charge in [-0.15, -0.1) is 0 Å². The van der Waals surface area contributed by atoms with Crippen LogP contribution in [0.5, 0.6) is 0 Å². The zero-order chi connectivity index (χ0) is 22.7. The van der Waals surface area contributed by atoms with Crippen LogP contribution < -0.4 is 5.56 Å². The highest BCUT2D eigenvalue weighted by Gasteiger charge is 2.26. The molecule has 0 aliphatic heterocycles. The van der Waals surface area contributed by atoms with Gasteiger partial charge >= 0.3 is 0 Å². The van der Waals surface area contributed by atoms with Crippen molar-refractivity contribution < 1.29 is 9.18 Å². The van der Waals surface area contributed by atoms with E-state index in [0.29, 0.717) is 29.6 Å². The van der Waals surface area contributed by atoms with Crippen LogP contribution >= 0.6 is 0 Å².